The van der Waals surface area contributed by atoms with Crippen LogP contribution < -0.4 is 4.90 Å². The van der Waals surface area contributed by atoms with Gasteiger partial charge in [0.25, 0.3) is 0 Å². The third kappa shape index (κ3) is 2.76. The molecule has 0 spiro atoms. The van der Waals surface area contributed by atoms with E-state index in [0.29, 0.717) is 12.4 Å². The summed E-state index contributed by atoms with van der Waals surface area (Å²) >= 11 is 1.52. The minimum atomic E-state index is -1.08. The number of thiazole rings is 1. The highest BCUT2D eigenvalue weighted by Crippen LogP contribution is 2.12. The molecule has 2 aromatic rings. The van der Waals surface area contributed by atoms with Gasteiger partial charge in [0.05, 0.1) is 30.1 Å². The summed E-state index contributed by atoms with van der Waals surface area (Å²) in [5, 5.41) is 10.8. The van der Waals surface area contributed by atoms with E-state index in [1.165, 1.54) is 23.7 Å². The molecule has 0 radical (unpaired) electrons. The fourth-order valence-electron chi connectivity index (χ4n) is 1.28. The molecule has 1 N–H and O–H groups in total. The maximum Gasteiger partial charge on any atom is 0.356 e. The van der Waals surface area contributed by atoms with Gasteiger partial charge in [0, 0.05) is 12.4 Å². The molecule has 0 aromatic carbocycles. The van der Waals surface area contributed by atoms with Crippen LogP contribution in [0.15, 0.2) is 23.3 Å². The summed E-state index contributed by atoms with van der Waals surface area (Å²) in [6.45, 7) is 0.571. The van der Waals surface area contributed by atoms with Gasteiger partial charge in [0.15, 0.2) is 5.69 Å². The van der Waals surface area contributed by atoms with Crippen molar-refractivity contribution < 1.29 is 9.90 Å². The summed E-state index contributed by atoms with van der Waals surface area (Å²) in [5.74, 6) is -0.570. The lowest BCUT2D eigenvalue weighted by Gasteiger charge is -2.16. The fraction of sp³-hybridized carbons (Fsp3) is 0.200. The first-order valence-corrected chi connectivity index (χ1v) is 5.74. The van der Waals surface area contributed by atoms with Crippen molar-refractivity contribution in [3.8, 4) is 0 Å². The fourth-order valence-corrected chi connectivity index (χ4v) is 1.83. The molecule has 2 heterocycles. The molecule has 0 saturated heterocycles. The molecule has 0 amide bonds. The van der Waals surface area contributed by atoms with Crippen LogP contribution in [0.3, 0.4) is 0 Å². The largest absolute Gasteiger partial charge is 0.476 e. The van der Waals surface area contributed by atoms with Crippen molar-refractivity contribution in [1.82, 2.24) is 15.0 Å². The number of anilines is 1. The second-order valence-electron chi connectivity index (χ2n) is 3.40. The molecule has 6 nitrogen and oxygen atoms in total. The Labute approximate surface area is 102 Å². The van der Waals surface area contributed by atoms with Gasteiger partial charge in [-0.1, -0.05) is 0 Å². The number of hydrogen-bond donors (Lipinski definition) is 1. The first-order chi connectivity index (χ1) is 8.16. The number of aromatic carboxylic acids is 1. The Hall–Kier alpha value is -2.02. The zero-order chi connectivity index (χ0) is 12.3. The van der Waals surface area contributed by atoms with Gasteiger partial charge in [0.1, 0.15) is 5.82 Å². The number of carbonyl (C=O) groups is 1. The summed E-state index contributed by atoms with van der Waals surface area (Å²) in [7, 11) is 1.81. The molecular weight excluding hydrogens is 240 g/mol. The summed E-state index contributed by atoms with van der Waals surface area (Å²) in [6.07, 6.45) is 2.75. The van der Waals surface area contributed by atoms with E-state index >= 15 is 0 Å². The highest BCUT2D eigenvalue weighted by Gasteiger charge is 2.10. The highest BCUT2D eigenvalue weighted by atomic mass is 32.1. The molecule has 0 bridgehead atoms. The van der Waals surface area contributed by atoms with Gasteiger partial charge in [-0.15, -0.1) is 11.3 Å². The SMILES string of the molecule is CN(Cc1cscn1)c1cncc(C(=O)O)n1. The van der Waals surface area contributed by atoms with Crippen LogP contribution in [-0.4, -0.2) is 33.1 Å². The van der Waals surface area contributed by atoms with E-state index in [1.54, 1.807) is 10.4 Å². The Bertz CT molecular complexity index is 515. The lowest BCUT2D eigenvalue weighted by atomic mass is 10.4. The molecule has 88 valence electrons. The Kier molecular flexibility index (Phi) is 3.29. The quantitative estimate of drug-likeness (QED) is 0.880. The number of carboxylic acids is 1. The van der Waals surface area contributed by atoms with E-state index in [1.807, 2.05) is 12.4 Å². The molecule has 0 aliphatic rings. The number of aromatic nitrogens is 3. The van der Waals surface area contributed by atoms with Crippen molar-refractivity contribution in [2.45, 2.75) is 6.54 Å². The average molecular weight is 250 g/mol. The van der Waals surface area contributed by atoms with Gasteiger partial charge in [-0.2, -0.15) is 0 Å². The van der Waals surface area contributed by atoms with Gasteiger partial charge < -0.3 is 10.0 Å². The predicted molar refractivity (Wildman–Crippen MR) is 63.2 cm³/mol. The number of carboxylic acid groups (broad SMARTS) is 1. The Morgan fingerprint density at radius 1 is 1.53 bits per heavy atom. The van der Waals surface area contributed by atoms with Crippen LogP contribution in [0.2, 0.25) is 0 Å². The van der Waals surface area contributed by atoms with Gasteiger partial charge in [-0.05, 0) is 0 Å². The van der Waals surface area contributed by atoms with Crippen molar-refractivity contribution in [2.75, 3.05) is 11.9 Å². The van der Waals surface area contributed by atoms with Crippen LogP contribution in [0.1, 0.15) is 16.2 Å². The molecule has 0 unspecified atom stereocenters. The molecule has 2 aromatic heterocycles. The first-order valence-electron chi connectivity index (χ1n) is 4.80. The van der Waals surface area contributed by atoms with Crippen molar-refractivity contribution in [3.05, 3.63) is 34.7 Å². The lowest BCUT2D eigenvalue weighted by Crippen LogP contribution is -2.19. The summed E-state index contributed by atoms with van der Waals surface area (Å²) < 4.78 is 0. The Morgan fingerprint density at radius 3 is 3.00 bits per heavy atom. The van der Waals surface area contributed by atoms with Crippen molar-refractivity contribution in [3.63, 3.8) is 0 Å². The highest BCUT2D eigenvalue weighted by molar-refractivity contribution is 7.07. The van der Waals surface area contributed by atoms with E-state index < -0.39 is 5.97 Å². The van der Waals surface area contributed by atoms with Crippen LogP contribution in [0.4, 0.5) is 5.82 Å². The van der Waals surface area contributed by atoms with Crippen LogP contribution in [0.25, 0.3) is 0 Å². The van der Waals surface area contributed by atoms with Crippen LogP contribution in [0.5, 0.6) is 0 Å². The second kappa shape index (κ2) is 4.88. The van der Waals surface area contributed by atoms with Crippen LogP contribution in [0, 0.1) is 0 Å². The van der Waals surface area contributed by atoms with Gasteiger partial charge in [0.2, 0.25) is 0 Å². The molecule has 7 heteroatoms. The molecular formula is C10H10N4O2S. The average Bonchev–Trinajstić information content (AvgIpc) is 2.82. The zero-order valence-corrected chi connectivity index (χ0v) is 9.89. The minimum absolute atomic E-state index is 0.0624. The maximum atomic E-state index is 10.8. The third-order valence-corrected chi connectivity index (χ3v) is 2.75. The molecule has 2 rings (SSSR count). The molecule has 0 aliphatic heterocycles. The molecule has 0 aliphatic carbocycles. The first kappa shape index (κ1) is 11.5. The number of nitrogens with zero attached hydrogens (tertiary/aromatic N) is 4. The number of hydrogen-bond acceptors (Lipinski definition) is 6. The van der Waals surface area contributed by atoms with Crippen molar-refractivity contribution in [2.24, 2.45) is 0 Å². The summed E-state index contributed by atoms with van der Waals surface area (Å²) in [5.41, 5.74) is 2.61. The molecule has 0 saturated carbocycles. The topological polar surface area (TPSA) is 79.2 Å². The van der Waals surface area contributed by atoms with Gasteiger partial charge in [-0.25, -0.2) is 14.8 Å². The Balaban J connectivity index is 2.16. The van der Waals surface area contributed by atoms with Crippen molar-refractivity contribution >= 4 is 23.1 Å². The van der Waals surface area contributed by atoms with Gasteiger partial charge in [-0.3, -0.25) is 4.98 Å². The standard InChI is InChI=1S/C10H10N4O2S/c1-14(4-7-5-17-6-12-7)9-3-11-2-8(13-9)10(15)16/h2-3,5-6H,4H2,1H3,(H,15,16). The lowest BCUT2D eigenvalue weighted by molar-refractivity contribution is 0.0690. The summed E-state index contributed by atoms with van der Waals surface area (Å²) in [4.78, 5) is 24.6. The Morgan fingerprint density at radius 2 is 2.35 bits per heavy atom. The van der Waals surface area contributed by atoms with E-state index in [0.717, 1.165) is 5.69 Å². The molecule has 0 atom stereocenters. The summed E-state index contributed by atoms with van der Waals surface area (Å²) in [6, 6.07) is 0. The predicted octanol–water partition coefficient (Wildman–Crippen LogP) is 1.27. The number of rotatable bonds is 4. The van der Waals surface area contributed by atoms with E-state index in [-0.39, 0.29) is 5.69 Å². The van der Waals surface area contributed by atoms with E-state index in [2.05, 4.69) is 15.0 Å². The normalized spacial score (nSPS) is 10.2. The smallest absolute Gasteiger partial charge is 0.356 e. The molecule has 0 fully saturated rings. The molecule has 17 heavy (non-hydrogen) atoms. The van der Waals surface area contributed by atoms with E-state index in [4.69, 9.17) is 5.11 Å². The minimum Gasteiger partial charge on any atom is -0.476 e. The maximum absolute atomic E-state index is 10.8. The third-order valence-electron chi connectivity index (χ3n) is 2.11. The van der Waals surface area contributed by atoms with E-state index in [9.17, 15) is 4.79 Å². The van der Waals surface area contributed by atoms with Crippen molar-refractivity contribution in [1.29, 1.82) is 0 Å². The zero-order valence-electron chi connectivity index (χ0n) is 9.07. The second-order valence-corrected chi connectivity index (χ2v) is 4.12. The van der Waals surface area contributed by atoms with Crippen LogP contribution >= 0.6 is 11.3 Å². The monoisotopic (exact) mass is 250 g/mol. The van der Waals surface area contributed by atoms with Gasteiger partial charge >= 0.3 is 5.97 Å². The van der Waals surface area contributed by atoms with Crippen LogP contribution in [-0.2, 0) is 6.54 Å².